The summed E-state index contributed by atoms with van der Waals surface area (Å²) >= 11 is 0. The minimum absolute atomic E-state index is 0. The Hall–Kier alpha value is -0.118. The molecule has 0 aliphatic heterocycles. The Morgan fingerprint density at radius 1 is 0.812 bits per heavy atom. The van der Waals surface area contributed by atoms with Gasteiger partial charge < -0.3 is 0 Å². The van der Waals surface area contributed by atoms with Gasteiger partial charge >= 0.3 is 33.9 Å². The van der Waals surface area contributed by atoms with Gasteiger partial charge in [0.05, 0.1) is 0 Å². The fraction of sp³-hybridized carbons (Fsp3) is 0.333. The summed E-state index contributed by atoms with van der Waals surface area (Å²) < 4.78 is 22.5. The summed E-state index contributed by atoms with van der Waals surface area (Å²) in [5.41, 5.74) is 0.323. The fourth-order valence-corrected chi connectivity index (χ4v) is 0.874. The van der Waals surface area contributed by atoms with Crippen LogP contribution < -0.4 is 0 Å². The Morgan fingerprint density at radius 3 is 1.19 bits per heavy atom. The van der Waals surface area contributed by atoms with Gasteiger partial charge in [0.1, 0.15) is 0 Å². The maximum Gasteiger partial charge on any atom is 0 e. The number of rotatable bonds is 0. The Kier molecular flexibility index (Phi) is 26.9. The van der Waals surface area contributed by atoms with Crippen LogP contribution in [0.2, 0.25) is 0 Å². The van der Waals surface area contributed by atoms with Crippen LogP contribution >= 0.6 is 0 Å². The van der Waals surface area contributed by atoms with Crippen LogP contribution in [0.4, 0.5) is 0 Å². The number of hydrogen-bond acceptors (Lipinski definition) is 0. The molecule has 0 unspecified atom stereocenters. The molecule has 0 aromatic rings. The summed E-state index contributed by atoms with van der Waals surface area (Å²) in [6.07, 6.45) is 8.50. The molecular formula is C12H13O3Re. The van der Waals surface area contributed by atoms with E-state index >= 15 is 0 Å². The second-order valence-corrected chi connectivity index (χ2v) is 3.42. The van der Waals surface area contributed by atoms with Gasteiger partial charge in [-0.25, -0.2) is 0 Å². The molecule has 1 aliphatic carbocycles. The molecule has 0 heterocycles. The van der Waals surface area contributed by atoms with Gasteiger partial charge in [-0.1, -0.05) is 20.8 Å². The van der Waals surface area contributed by atoms with Gasteiger partial charge in [0.25, 0.3) is 0 Å². The Balaban J connectivity index is -0.0000000900. The van der Waals surface area contributed by atoms with Crippen LogP contribution in [0.25, 0.3) is 0 Å². The first-order valence-corrected chi connectivity index (χ1v) is 3.94. The van der Waals surface area contributed by atoms with E-state index in [4.69, 9.17) is 14.0 Å². The molecule has 1 rings (SSSR count). The van der Waals surface area contributed by atoms with Crippen LogP contribution in [-0.4, -0.2) is 0 Å². The molecule has 0 spiro atoms. The standard InChI is InChI=1S/C9H13.3CO.Re/c1-9(2,3)8-6-4-5-7-8;3*1-2;/h4-7H,1-3H3;;;;. The molecule has 1 saturated carbocycles. The SMILES string of the molecule is CC(C)(C)[C]1[CH][CH][CH][CH]1.[C-]#[O+].[C-]#[O+].[C-]#[O+].[Re]. The third-order valence-corrected chi connectivity index (χ3v) is 1.53. The molecule has 16 heavy (non-hydrogen) atoms. The molecule has 3 nitrogen and oxygen atoms in total. The van der Waals surface area contributed by atoms with Crippen LogP contribution in [0.5, 0.6) is 0 Å². The first kappa shape index (κ1) is 24.9. The second kappa shape index (κ2) is 17.3. The summed E-state index contributed by atoms with van der Waals surface area (Å²) in [4.78, 5) is 0. The van der Waals surface area contributed by atoms with Crippen LogP contribution in [0.15, 0.2) is 0 Å². The van der Waals surface area contributed by atoms with E-state index in [0.717, 1.165) is 0 Å². The molecule has 0 N–H and O–H groups in total. The van der Waals surface area contributed by atoms with Crippen molar-refractivity contribution in [1.29, 1.82) is 0 Å². The van der Waals surface area contributed by atoms with E-state index in [0.29, 0.717) is 5.41 Å². The maximum atomic E-state index is 7.50. The van der Waals surface area contributed by atoms with Crippen molar-refractivity contribution in [3.05, 3.63) is 51.6 Å². The minimum Gasteiger partial charge on any atom is 0 e. The zero-order valence-electron chi connectivity index (χ0n) is 9.41. The predicted octanol–water partition coefficient (Wildman–Crippen LogP) is 2.32. The third-order valence-electron chi connectivity index (χ3n) is 1.53. The molecule has 0 saturated heterocycles. The molecule has 0 amide bonds. The van der Waals surface area contributed by atoms with Gasteiger partial charge in [0.15, 0.2) is 0 Å². The summed E-state index contributed by atoms with van der Waals surface area (Å²) in [5, 5.41) is 0. The van der Waals surface area contributed by atoms with E-state index in [9.17, 15) is 0 Å². The van der Waals surface area contributed by atoms with Gasteiger partial charge in [-0.3, -0.25) is 0 Å². The average Bonchev–Trinajstić information content (AvgIpc) is 2.79. The van der Waals surface area contributed by atoms with Crippen molar-refractivity contribution in [2.24, 2.45) is 5.41 Å². The van der Waals surface area contributed by atoms with Crippen molar-refractivity contribution in [3.8, 4) is 0 Å². The quantitative estimate of drug-likeness (QED) is 0.450. The first-order valence-electron chi connectivity index (χ1n) is 3.94. The Morgan fingerprint density at radius 2 is 1.06 bits per heavy atom. The van der Waals surface area contributed by atoms with Crippen molar-refractivity contribution in [2.75, 3.05) is 0 Å². The van der Waals surface area contributed by atoms with Crippen LogP contribution in [0.3, 0.4) is 0 Å². The summed E-state index contributed by atoms with van der Waals surface area (Å²) in [5.74, 6) is 1.42. The fourth-order valence-electron chi connectivity index (χ4n) is 0.874. The second-order valence-electron chi connectivity index (χ2n) is 3.42. The summed E-state index contributed by atoms with van der Waals surface area (Å²) in [6.45, 7) is 20.2. The summed E-state index contributed by atoms with van der Waals surface area (Å²) in [6, 6.07) is 0. The van der Waals surface area contributed by atoms with Crippen LogP contribution in [-0.2, 0) is 34.4 Å². The van der Waals surface area contributed by atoms with Gasteiger partial charge in [0, 0.05) is 20.4 Å². The predicted molar refractivity (Wildman–Crippen MR) is 51.7 cm³/mol. The topological polar surface area (TPSA) is 59.7 Å². The van der Waals surface area contributed by atoms with Gasteiger partial charge in [0.2, 0.25) is 0 Å². The Bertz CT molecular complexity index is 168. The molecule has 0 bridgehead atoms. The normalized spacial score (nSPS) is 13.3. The molecule has 1 fully saturated rings. The maximum absolute atomic E-state index is 7.50. The molecule has 6 radical (unpaired) electrons. The molecule has 0 aromatic heterocycles. The molecule has 86 valence electrons. The smallest absolute Gasteiger partial charge is 0 e. The van der Waals surface area contributed by atoms with Crippen molar-refractivity contribution in [3.63, 3.8) is 0 Å². The van der Waals surface area contributed by atoms with Crippen LogP contribution in [0, 0.1) is 57.0 Å². The first-order chi connectivity index (χ1) is 7.11. The number of hydrogen-bond donors (Lipinski definition) is 0. The van der Waals surface area contributed by atoms with Crippen molar-refractivity contribution in [1.82, 2.24) is 0 Å². The van der Waals surface area contributed by atoms with Gasteiger partial charge in [-0.2, -0.15) is 0 Å². The van der Waals surface area contributed by atoms with Crippen molar-refractivity contribution < 1.29 is 34.4 Å². The van der Waals surface area contributed by atoms with Gasteiger partial charge in [-0.05, 0) is 37.0 Å². The van der Waals surface area contributed by atoms with Crippen molar-refractivity contribution in [2.45, 2.75) is 20.8 Å². The van der Waals surface area contributed by atoms with E-state index in [2.05, 4.69) is 66.4 Å². The molecule has 0 atom stereocenters. The average molecular weight is 391 g/mol. The zero-order valence-corrected chi connectivity index (χ0v) is 12.1. The zero-order chi connectivity index (χ0) is 12.9. The van der Waals surface area contributed by atoms with Crippen LogP contribution in [0.1, 0.15) is 20.8 Å². The van der Waals surface area contributed by atoms with E-state index in [1.807, 2.05) is 0 Å². The minimum atomic E-state index is 0. The van der Waals surface area contributed by atoms with Crippen molar-refractivity contribution >= 4 is 0 Å². The monoisotopic (exact) mass is 392 g/mol. The summed E-state index contributed by atoms with van der Waals surface area (Å²) in [7, 11) is 0. The molecule has 4 heteroatoms. The Labute approximate surface area is 112 Å². The molecule has 0 aromatic carbocycles. The van der Waals surface area contributed by atoms with E-state index in [-0.39, 0.29) is 20.4 Å². The van der Waals surface area contributed by atoms with Gasteiger partial charge in [-0.15, -0.1) is 0 Å². The van der Waals surface area contributed by atoms with E-state index in [1.54, 1.807) is 0 Å². The molecular weight excluding hydrogens is 378 g/mol. The largest absolute Gasteiger partial charge is 0 e. The molecule has 1 aliphatic rings. The van der Waals surface area contributed by atoms with E-state index in [1.165, 1.54) is 5.92 Å². The third kappa shape index (κ3) is 13.9. The van der Waals surface area contributed by atoms with E-state index < -0.39 is 0 Å².